The lowest BCUT2D eigenvalue weighted by molar-refractivity contribution is 1.37. The minimum atomic E-state index is 1.17. The van der Waals surface area contributed by atoms with E-state index in [1.165, 1.54) is 87.2 Å². The first kappa shape index (κ1) is 24.8. The van der Waals surface area contributed by atoms with Crippen LogP contribution in [0.25, 0.3) is 87.2 Å². The standard InChI is InChI=1S/C43H27N/c1-2-10-30-25-34(20-16-28(30)8-1)42-38-13-5-6-14-39(38)43(41-27-44-23-22-40(41)42)35-21-18-31-24-33(19-17-32(31)26-35)37-15-7-11-29-9-3-4-12-36(29)37/h1-27H. The fraction of sp³-hybridized carbons (Fsp3) is 0. The average molecular weight is 558 g/mol. The smallest absolute Gasteiger partial charge is 0.0353 e. The number of pyridine rings is 1. The minimum Gasteiger partial charge on any atom is -0.264 e. The van der Waals surface area contributed by atoms with Crippen LogP contribution in [0.3, 0.4) is 0 Å². The summed E-state index contributed by atoms with van der Waals surface area (Å²) in [4.78, 5) is 4.62. The zero-order chi connectivity index (χ0) is 29.0. The largest absolute Gasteiger partial charge is 0.264 e. The van der Waals surface area contributed by atoms with E-state index < -0.39 is 0 Å². The van der Waals surface area contributed by atoms with Gasteiger partial charge < -0.3 is 0 Å². The van der Waals surface area contributed by atoms with Crippen LogP contribution >= 0.6 is 0 Å². The third kappa shape index (κ3) is 3.91. The Morgan fingerprint density at radius 1 is 0.318 bits per heavy atom. The van der Waals surface area contributed by atoms with E-state index in [9.17, 15) is 0 Å². The molecule has 0 amide bonds. The second-order valence-corrected chi connectivity index (χ2v) is 11.6. The first-order valence-electron chi connectivity index (χ1n) is 15.1. The quantitative estimate of drug-likeness (QED) is 0.197. The van der Waals surface area contributed by atoms with Crippen molar-refractivity contribution < 1.29 is 0 Å². The van der Waals surface area contributed by atoms with Crippen LogP contribution < -0.4 is 0 Å². The molecule has 0 saturated heterocycles. The van der Waals surface area contributed by atoms with Crippen molar-refractivity contribution in [2.24, 2.45) is 0 Å². The highest BCUT2D eigenvalue weighted by Crippen LogP contribution is 2.44. The lowest BCUT2D eigenvalue weighted by Crippen LogP contribution is -1.92. The Labute approximate surface area is 255 Å². The van der Waals surface area contributed by atoms with Gasteiger partial charge >= 0.3 is 0 Å². The van der Waals surface area contributed by atoms with Crippen molar-refractivity contribution in [3.05, 3.63) is 164 Å². The van der Waals surface area contributed by atoms with Gasteiger partial charge in [-0.25, -0.2) is 0 Å². The van der Waals surface area contributed by atoms with Crippen molar-refractivity contribution in [1.82, 2.24) is 4.98 Å². The summed E-state index contributed by atoms with van der Waals surface area (Å²) < 4.78 is 0. The van der Waals surface area contributed by atoms with Crippen LogP contribution in [0.2, 0.25) is 0 Å². The Morgan fingerprint density at radius 2 is 0.818 bits per heavy atom. The van der Waals surface area contributed by atoms with Gasteiger partial charge in [0.1, 0.15) is 0 Å². The summed E-state index contributed by atoms with van der Waals surface area (Å²) in [5.41, 5.74) is 7.42. The van der Waals surface area contributed by atoms with Crippen LogP contribution in [0.4, 0.5) is 0 Å². The molecule has 204 valence electrons. The van der Waals surface area contributed by atoms with Gasteiger partial charge in [0.25, 0.3) is 0 Å². The van der Waals surface area contributed by atoms with Gasteiger partial charge in [-0.15, -0.1) is 0 Å². The number of aromatic nitrogens is 1. The lowest BCUT2D eigenvalue weighted by Gasteiger charge is -2.18. The van der Waals surface area contributed by atoms with Crippen molar-refractivity contribution in [3.8, 4) is 33.4 Å². The Balaban J connectivity index is 1.25. The molecule has 1 heteroatoms. The summed E-state index contributed by atoms with van der Waals surface area (Å²) in [5.74, 6) is 0. The first-order valence-corrected chi connectivity index (χ1v) is 15.1. The maximum atomic E-state index is 4.62. The first-order chi connectivity index (χ1) is 21.8. The van der Waals surface area contributed by atoms with Gasteiger partial charge in [0.2, 0.25) is 0 Å². The number of hydrogen-bond acceptors (Lipinski definition) is 1. The molecule has 0 bridgehead atoms. The summed E-state index contributed by atoms with van der Waals surface area (Å²) >= 11 is 0. The highest BCUT2D eigenvalue weighted by Gasteiger charge is 2.17. The molecule has 0 aliphatic heterocycles. The third-order valence-corrected chi connectivity index (χ3v) is 9.09. The SMILES string of the molecule is c1ccc2cc(-c3c4ccccc4c(-c4ccc5cc(-c6cccc7ccccc67)ccc5c4)c4cnccc34)ccc2c1. The van der Waals surface area contributed by atoms with Gasteiger partial charge in [0.15, 0.2) is 0 Å². The summed E-state index contributed by atoms with van der Waals surface area (Å²) in [6.07, 6.45) is 3.95. The van der Waals surface area contributed by atoms with Crippen LogP contribution in [0.5, 0.6) is 0 Å². The molecule has 0 aliphatic carbocycles. The van der Waals surface area contributed by atoms with Crippen molar-refractivity contribution >= 4 is 53.9 Å². The summed E-state index contributed by atoms with van der Waals surface area (Å²) in [6.45, 7) is 0. The average Bonchev–Trinajstić information content (AvgIpc) is 3.09. The van der Waals surface area contributed by atoms with E-state index in [0.29, 0.717) is 0 Å². The Morgan fingerprint density at radius 3 is 1.57 bits per heavy atom. The summed E-state index contributed by atoms with van der Waals surface area (Å²) in [5, 5.41) is 12.4. The lowest BCUT2D eigenvalue weighted by atomic mass is 9.86. The molecule has 0 atom stereocenters. The second-order valence-electron chi connectivity index (χ2n) is 11.6. The van der Waals surface area contributed by atoms with Crippen molar-refractivity contribution in [1.29, 1.82) is 0 Å². The molecule has 0 fully saturated rings. The van der Waals surface area contributed by atoms with Crippen LogP contribution in [-0.2, 0) is 0 Å². The maximum absolute atomic E-state index is 4.62. The normalized spacial score (nSPS) is 11.6. The number of nitrogens with zero attached hydrogens (tertiary/aromatic N) is 1. The van der Waals surface area contributed by atoms with Crippen LogP contribution in [0.15, 0.2) is 164 Å². The highest BCUT2D eigenvalue weighted by molar-refractivity contribution is 6.22. The van der Waals surface area contributed by atoms with Gasteiger partial charge in [-0.2, -0.15) is 0 Å². The van der Waals surface area contributed by atoms with E-state index >= 15 is 0 Å². The molecule has 1 nitrogen and oxygen atoms in total. The molecular formula is C43H27N. The van der Waals surface area contributed by atoms with Crippen molar-refractivity contribution in [3.63, 3.8) is 0 Å². The maximum Gasteiger partial charge on any atom is 0.0353 e. The van der Waals surface area contributed by atoms with E-state index in [4.69, 9.17) is 0 Å². The third-order valence-electron chi connectivity index (χ3n) is 9.09. The molecule has 8 aromatic carbocycles. The van der Waals surface area contributed by atoms with E-state index in [0.717, 1.165) is 0 Å². The molecular weight excluding hydrogens is 530 g/mol. The predicted molar refractivity (Wildman–Crippen MR) is 188 cm³/mol. The van der Waals surface area contributed by atoms with Crippen LogP contribution in [-0.4, -0.2) is 4.98 Å². The number of hydrogen-bond donors (Lipinski definition) is 0. The van der Waals surface area contributed by atoms with Crippen LogP contribution in [0, 0.1) is 0 Å². The van der Waals surface area contributed by atoms with Gasteiger partial charge in [0.05, 0.1) is 0 Å². The zero-order valence-electron chi connectivity index (χ0n) is 24.0. The highest BCUT2D eigenvalue weighted by atomic mass is 14.6. The van der Waals surface area contributed by atoms with Gasteiger partial charge in [-0.05, 0) is 106 Å². The van der Waals surface area contributed by atoms with E-state index in [2.05, 4.69) is 157 Å². The predicted octanol–water partition coefficient (Wildman–Crippen LogP) is 11.8. The summed E-state index contributed by atoms with van der Waals surface area (Å²) in [6, 6.07) is 55.3. The second kappa shape index (κ2) is 9.90. The Hall–Kier alpha value is -5.79. The monoisotopic (exact) mass is 557 g/mol. The number of rotatable bonds is 3. The number of benzene rings is 8. The van der Waals surface area contributed by atoms with Crippen LogP contribution in [0.1, 0.15) is 0 Å². The molecule has 1 aromatic heterocycles. The molecule has 44 heavy (non-hydrogen) atoms. The van der Waals surface area contributed by atoms with Gasteiger partial charge in [0, 0.05) is 17.8 Å². The van der Waals surface area contributed by atoms with E-state index in [1.54, 1.807) is 0 Å². The van der Waals surface area contributed by atoms with E-state index in [1.807, 2.05) is 12.4 Å². The molecule has 9 rings (SSSR count). The molecule has 0 saturated carbocycles. The van der Waals surface area contributed by atoms with Crippen molar-refractivity contribution in [2.75, 3.05) is 0 Å². The summed E-state index contributed by atoms with van der Waals surface area (Å²) in [7, 11) is 0. The zero-order valence-corrected chi connectivity index (χ0v) is 24.0. The molecule has 1 heterocycles. The fourth-order valence-electron chi connectivity index (χ4n) is 7.03. The molecule has 9 aromatic rings. The van der Waals surface area contributed by atoms with E-state index in [-0.39, 0.29) is 0 Å². The Kier molecular flexibility index (Phi) is 5.57. The van der Waals surface area contributed by atoms with Gasteiger partial charge in [-0.1, -0.05) is 127 Å². The molecule has 0 aliphatic rings. The fourth-order valence-corrected chi connectivity index (χ4v) is 7.03. The molecule has 0 N–H and O–H groups in total. The molecule has 0 unspecified atom stereocenters. The number of fused-ring (bicyclic) bond motifs is 5. The molecule has 0 spiro atoms. The van der Waals surface area contributed by atoms with Crippen molar-refractivity contribution in [2.45, 2.75) is 0 Å². The molecule has 0 radical (unpaired) electrons. The topological polar surface area (TPSA) is 12.9 Å². The minimum absolute atomic E-state index is 1.17. The van der Waals surface area contributed by atoms with Gasteiger partial charge in [-0.3, -0.25) is 4.98 Å². The Bertz CT molecular complexity index is 2500.